The molecule has 0 aromatic heterocycles. The fraction of sp³-hybridized carbons (Fsp3) is 0.625. The van der Waals surface area contributed by atoms with Crippen LogP contribution in [-0.4, -0.2) is 48.3 Å². The van der Waals surface area contributed by atoms with Crippen molar-refractivity contribution >= 4 is 17.7 Å². The number of rotatable bonds is 7. The smallest absolute Gasteiger partial charge is 0.251 e. The van der Waals surface area contributed by atoms with Crippen molar-refractivity contribution in [2.45, 2.75) is 59.9 Å². The van der Waals surface area contributed by atoms with Gasteiger partial charge in [0.25, 0.3) is 5.91 Å². The van der Waals surface area contributed by atoms with Gasteiger partial charge in [-0.2, -0.15) is 0 Å². The van der Waals surface area contributed by atoms with Crippen molar-refractivity contribution in [2.75, 3.05) is 19.6 Å². The van der Waals surface area contributed by atoms with Crippen LogP contribution in [0, 0.1) is 17.3 Å². The number of nitrogens with zero attached hydrogens (tertiary/aromatic N) is 1. The molecule has 6 nitrogen and oxygen atoms in total. The molecule has 30 heavy (non-hydrogen) atoms. The van der Waals surface area contributed by atoms with E-state index in [0.717, 1.165) is 0 Å². The molecule has 0 radical (unpaired) electrons. The fourth-order valence-corrected chi connectivity index (χ4v) is 3.67. The summed E-state index contributed by atoms with van der Waals surface area (Å²) in [7, 11) is 0. The monoisotopic (exact) mass is 415 g/mol. The largest absolute Gasteiger partial charge is 0.354 e. The van der Waals surface area contributed by atoms with Crippen LogP contribution in [0.25, 0.3) is 0 Å². The Morgan fingerprint density at radius 3 is 2.20 bits per heavy atom. The van der Waals surface area contributed by atoms with Crippen LogP contribution in [0.4, 0.5) is 0 Å². The molecule has 2 N–H and O–H groups in total. The van der Waals surface area contributed by atoms with E-state index in [2.05, 4.69) is 31.4 Å². The number of hydrogen-bond acceptors (Lipinski definition) is 3. The van der Waals surface area contributed by atoms with Crippen molar-refractivity contribution in [1.82, 2.24) is 15.5 Å². The number of piperidine rings is 1. The van der Waals surface area contributed by atoms with Gasteiger partial charge in [0.05, 0.1) is 0 Å². The van der Waals surface area contributed by atoms with Gasteiger partial charge in [0, 0.05) is 31.6 Å². The summed E-state index contributed by atoms with van der Waals surface area (Å²) in [5, 5.41) is 5.92. The van der Waals surface area contributed by atoms with Crippen molar-refractivity contribution in [3.05, 3.63) is 35.9 Å². The number of hydrogen-bond donors (Lipinski definition) is 2. The third-order valence-electron chi connectivity index (χ3n) is 5.33. The highest BCUT2D eigenvalue weighted by atomic mass is 16.2. The maximum absolute atomic E-state index is 12.9. The fourth-order valence-electron chi connectivity index (χ4n) is 3.67. The topological polar surface area (TPSA) is 78.5 Å². The van der Waals surface area contributed by atoms with Gasteiger partial charge < -0.3 is 15.5 Å². The second-order valence-electron chi connectivity index (χ2n) is 9.91. The summed E-state index contributed by atoms with van der Waals surface area (Å²) in [6.07, 6.45) is 1.91. The molecule has 1 heterocycles. The molecule has 1 aromatic rings. The van der Waals surface area contributed by atoms with Crippen LogP contribution in [0.5, 0.6) is 0 Å². The Bertz CT molecular complexity index is 717. The van der Waals surface area contributed by atoms with Gasteiger partial charge in [0.2, 0.25) is 11.8 Å². The minimum absolute atomic E-state index is 0.00325. The van der Waals surface area contributed by atoms with E-state index in [-0.39, 0.29) is 29.1 Å². The highest BCUT2D eigenvalue weighted by molar-refractivity contribution is 5.97. The average Bonchev–Trinajstić information content (AvgIpc) is 2.69. The summed E-state index contributed by atoms with van der Waals surface area (Å²) < 4.78 is 0. The SMILES string of the molecule is CC(C)CNC(=O)C(NC(=O)c1ccccc1)C1CCN(C(=O)CC(C)(C)C)CC1. The highest BCUT2D eigenvalue weighted by Crippen LogP contribution is 2.25. The molecule has 0 bridgehead atoms. The maximum Gasteiger partial charge on any atom is 0.251 e. The lowest BCUT2D eigenvalue weighted by molar-refractivity contribution is -0.134. The molecule has 1 fully saturated rings. The molecule has 1 aliphatic rings. The van der Waals surface area contributed by atoms with Gasteiger partial charge >= 0.3 is 0 Å². The van der Waals surface area contributed by atoms with E-state index in [9.17, 15) is 14.4 Å². The number of nitrogens with one attached hydrogen (secondary N) is 2. The van der Waals surface area contributed by atoms with Crippen LogP contribution in [0.15, 0.2) is 30.3 Å². The first-order chi connectivity index (χ1) is 14.1. The molecule has 3 amide bonds. The Balaban J connectivity index is 2.04. The molecule has 0 spiro atoms. The molecule has 2 rings (SSSR count). The van der Waals surface area contributed by atoms with Gasteiger partial charge in [-0.05, 0) is 42.2 Å². The molecule has 0 aliphatic carbocycles. The van der Waals surface area contributed by atoms with Crippen LogP contribution >= 0.6 is 0 Å². The third-order valence-corrected chi connectivity index (χ3v) is 5.33. The Hall–Kier alpha value is -2.37. The normalized spacial score (nSPS) is 16.3. The summed E-state index contributed by atoms with van der Waals surface area (Å²) >= 11 is 0. The Labute approximate surface area is 180 Å². The molecular weight excluding hydrogens is 378 g/mol. The van der Waals surface area contributed by atoms with E-state index in [0.29, 0.717) is 50.4 Å². The number of benzene rings is 1. The van der Waals surface area contributed by atoms with E-state index in [4.69, 9.17) is 0 Å². The summed E-state index contributed by atoms with van der Waals surface area (Å²) in [6.45, 7) is 12.1. The first kappa shape index (κ1) is 23.9. The Morgan fingerprint density at radius 1 is 1.07 bits per heavy atom. The van der Waals surface area contributed by atoms with Crippen LogP contribution in [0.2, 0.25) is 0 Å². The molecule has 1 aliphatic heterocycles. The van der Waals surface area contributed by atoms with E-state index >= 15 is 0 Å². The number of amides is 3. The zero-order chi connectivity index (χ0) is 22.3. The van der Waals surface area contributed by atoms with Gasteiger partial charge in [-0.3, -0.25) is 14.4 Å². The minimum atomic E-state index is -0.601. The maximum atomic E-state index is 12.9. The average molecular weight is 416 g/mol. The Morgan fingerprint density at radius 2 is 1.67 bits per heavy atom. The second-order valence-corrected chi connectivity index (χ2v) is 9.91. The zero-order valence-corrected chi connectivity index (χ0v) is 19.0. The van der Waals surface area contributed by atoms with Crippen LogP contribution in [-0.2, 0) is 9.59 Å². The third kappa shape index (κ3) is 7.47. The number of likely N-dealkylation sites (tertiary alicyclic amines) is 1. The quantitative estimate of drug-likeness (QED) is 0.718. The summed E-state index contributed by atoms with van der Waals surface area (Å²) in [5.74, 6) is 0.105. The first-order valence-corrected chi connectivity index (χ1v) is 11.0. The molecule has 166 valence electrons. The number of carbonyl (C=O) groups is 3. The van der Waals surface area contributed by atoms with E-state index in [1.807, 2.05) is 36.9 Å². The molecular formula is C24H37N3O3. The summed E-state index contributed by atoms with van der Waals surface area (Å²) in [4.78, 5) is 40.1. The molecule has 1 saturated heterocycles. The molecule has 1 aromatic carbocycles. The van der Waals surface area contributed by atoms with Crippen molar-refractivity contribution in [2.24, 2.45) is 17.3 Å². The summed E-state index contributed by atoms with van der Waals surface area (Å²) in [6, 6.07) is 8.35. The van der Waals surface area contributed by atoms with Gasteiger partial charge in [-0.1, -0.05) is 52.8 Å². The van der Waals surface area contributed by atoms with Gasteiger partial charge in [-0.25, -0.2) is 0 Å². The van der Waals surface area contributed by atoms with Gasteiger partial charge in [0.1, 0.15) is 6.04 Å². The van der Waals surface area contributed by atoms with Crippen LogP contribution < -0.4 is 10.6 Å². The minimum Gasteiger partial charge on any atom is -0.354 e. The highest BCUT2D eigenvalue weighted by Gasteiger charge is 2.34. The lowest BCUT2D eigenvalue weighted by Gasteiger charge is -2.37. The van der Waals surface area contributed by atoms with E-state index in [1.165, 1.54) is 0 Å². The standard InChI is InChI=1S/C24H37N3O3/c1-17(2)16-25-23(30)21(26-22(29)19-9-7-6-8-10-19)18-11-13-27(14-12-18)20(28)15-24(3,4)5/h6-10,17-18,21H,11-16H2,1-5H3,(H,25,30)(H,26,29). The second kappa shape index (κ2) is 10.6. The lowest BCUT2D eigenvalue weighted by atomic mass is 9.87. The first-order valence-electron chi connectivity index (χ1n) is 11.0. The number of carbonyl (C=O) groups excluding carboxylic acids is 3. The van der Waals surface area contributed by atoms with E-state index in [1.54, 1.807) is 12.1 Å². The van der Waals surface area contributed by atoms with Gasteiger partial charge in [0.15, 0.2) is 0 Å². The molecule has 6 heteroatoms. The van der Waals surface area contributed by atoms with Crippen LogP contribution in [0.3, 0.4) is 0 Å². The summed E-state index contributed by atoms with van der Waals surface area (Å²) in [5.41, 5.74) is 0.494. The molecule has 0 saturated carbocycles. The van der Waals surface area contributed by atoms with Gasteiger partial charge in [-0.15, -0.1) is 0 Å². The van der Waals surface area contributed by atoms with Crippen molar-refractivity contribution < 1.29 is 14.4 Å². The molecule has 1 atom stereocenters. The van der Waals surface area contributed by atoms with E-state index < -0.39 is 6.04 Å². The lowest BCUT2D eigenvalue weighted by Crippen LogP contribution is -2.54. The van der Waals surface area contributed by atoms with Crippen molar-refractivity contribution in [3.8, 4) is 0 Å². The van der Waals surface area contributed by atoms with Crippen molar-refractivity contribution in [1.29, 1.82) is 0 Å². The zero-order valence-electron chi connectivity index (χ0n) is 19.0. The molecule has 1 unspecified atom stereocenters. The van der Waals surface area contributed by atoms with Crippen LogP contribution in [0.1, 0.15) is 64.2 Å². The van der Waals surface area contributed by atoms with Crippen molar-refractivity contribution in [3.63, 3.8) is 0 Å². The predicted molar refractivity (Wildman–Crippen MR) is 119 cm³/mol. The predicted octanol–water partition coefficient (Wildman–Crippen LogP) is 3.23. The Kier molecular flexibility index (Phi) is 8.44.